The SMILES string of the molecule is COC(=O)CN1CCN(CC(=O)OC)CCN(CC(=O)OC)CCN(CC(=O)OC)CC1.O=C([O-])CN(CCN(CC(=O)[O-])CC(=O)[O-])CCN(CC(=O)[O-])C(=O)[O-]. The molecule has 1 fully saturated rings. The van der Waals surface area contributed by atoms with Crippen LogP contribution in [0.25, 0.3) is 0 Å². The minimum atomic E-state index is -1.81. The Labute approximate surface area is 335 Å². The highest BCUT2D eigenvalue weighted by Crippen LogP contribution is 2.03. The van der Waals surface area contributed by atoms with Gasteiger partial charge in [-0.15, -0.1) is 0 Å². The van der Waals surface area contributed by atoms with Crippen molar-refractivity contribution in [3.8, 4) is 0 Å². The summed E-state index contributed by atoms with van der Waals surface area (Å²) in [5, 5.41) is 53.2. The summed E-state index contributed by atoms with van der Waals surface area (Å²) in [5.41, 5.74) is 0. The van der Waals surface area contributed by atoms with E-state index >= 15 is 0 Å². The zero-order valence-electron chi connectivity index (χ0n) is 33.1. The number of carboxylic acids is 4. The topological polar surface area (TPSA) is 329 Å². The van der Waals surface area contributed by atoms with Gasteiger partial charge in [0.15, 0.2) is 0 Å². The number of aliphatic carboxylic acids is 4. The summed E-state index contributed by atoms with van der Waals surface area (Å²) in [4.78, 5) is 111. The number of amides is 1. The summed E-state index contributed by atoms with van der Waals surface area (Å²) >= 11 is 0. The summed E-state index contributed by atoms with van der Waals surface area (Å²) < 4.78 is 19.2. The molecule has 58 heavy (non-hydrogen) atoms. The fourth-order valence-electron chi connectivity index (χ4n) is 5.17. The molecule has 1 aliphatic rings. The first kappa shape index (κ1) is 52.8. The van der Waals surface area contributed by atoms with E-state index in [9.17, 15) is 68.7 Å². The van der Waals surface area contributed by atoms with E-state index < -0.39 is 62.7 Å². The van der Waals surface area contributed by atoms with Crippen LogP contribution in [-0.4, -0.2) is 247 Å². The average molecular weight is 835 g/mol. The third kappa shape index (κ3) is 26.6. The van der Waals surface area contributed by atoms with E-state index in [4.69, 9.17) is 18.9 Å². The summed E-state index contributed by atoms with van der Waals surface area (Å²) in [6.07, 6.45) is -1.81. The van der Waals surface area contributed by atoms with Gasteiger partial charge in [0.1, 0.15) is 6.09 Å². The third-order valence-electron chi connectivity index (χ3n) is 8.31. The van der Waals surface area contributed by atoms with Crippen LogP contribution in [0.3, 0.4) is 0 Å². The fourth-order valence-corrected chi connectivity index (χ4v) is 5.17. The van der Waals surface area contributed by atoms with E-state index in [0.29, 0.717) is 57.3 Å². The molecule has 0 bridgehead atoms. The van der Waals surface area contributed by atoms with Crippen LogP contribution in [0.15, 0.2) is 0 Å². The number of hydrogen-bond donors (Lipinski definition) is 0. The Kier molecular flexibility index (Phi) is 27.3. The lowest BCUT2D eigenvalue weighted by molar-refractivity contribution is -0.311. The van der Waals surface area contributed by atoms with Gasteiger partial charge in [-0.25, -0.2) is 0 Å². The van der Waals surface area contributed by atoms with E-state index in [1.165, 1.54) is 28.4 Å². The van der Waals surface area contributed by atoms with Crippen molar-refractivity contribution in [2.75, 3.05) is 159 Å². The summed E-state index contributed by atoms with van der Waals surface area (Å²) in [7, 11) is 5.34. The average Bonchev–Trinajstić information content (AvgIpc) is 3.14. The smallest absolute Gasteiger partial charge is 0.319 e. The van der Waals surface area contributed by atoms with Crippen LogP contribution in [0.1, 0.15) is 0 Å². The molecule has 1 aliphatic heterocycles. The molecule has 1 saturated heterocycles. The third-order valence-corrected chi connectivity index (χ3v) is 8.31. The number of esters is 4. The van der Waals surface area contributed by atoms with Gasteiger partial charge in [-0.2, -0.15) is 0 Å². The van der Waals surface area contributed by atoms with E-state index in [-0.39, 0.29) is 69.7 Å². The maximum absolute atomic E-state index is 11.9. The van der Waals surface area contributed by atoms with E-state index in [1.54, 1.807) is 0 Å². The van der Waals surface area contributed by atoms with Gasteiger partial charge >= 0.3 is 23.9 Å². The number of hydrogen-bond acceptors (Lipinski definition) is 24. The van der Waals surface area contributed by atoms with Gasteiger partial charge in [-0.05, 0) is 0 Å². The molecule has 332 valence electrons. The lowest BCUT2D eigenvalue weighted by atomic mass is 10.3. The minimum Gasteiger partial charge on any atom is -0.549 e. The largest absolute Gasteiger partial charge is 0.549 e. The molecule has 0 radical (unpaired) electrons. The highest BCUT2D eigenvalue weighted by atomic mass is 16.5. The van der Waals surface area contributed by atoms with Gasteiger partial charge < -0.3 is 73.4 Å². The maximum atomic E-state index is 11.9. The van der Waals surface area contributed by atoms with Crippen molar-refractivity contribution >= 4 is 53.8 Å². The molecule has 1 heterocycles. The zero-order valence-corrected chi connectivity index (χ0v) is 33.1. The van der Waals surface area contributed by atoms with Gasteiger partial charge in [0.25, 0.3) is 0 Å². The van der Waals surface area contributed by atoms with Crippen LogP contribution in [0, 0.1) is 0 Å². The summed E-state index contributed by atoms with van der Waals surface area (Å²) in [6.45, 7) is 0.208. The summed E-state index contributed by atoms with van der Waals surface area (Å²) in [5.74, 6) is -7.78. The van der Waals surface area contributed by atoms with Crippen molar-refractivity contribution < 1.29 is 87.6 Å². The Bertz CT molecular complexity index is 1220. The molecule has 25 heteroatoms. The Morgan fingerprint density at radius 1 is 0.397 bits per heavy atom. The van der Waals surface area contributed by atoms with Crippen molar-refractivity contribution in [3.05, 3.63) is 0 Å². The molecule has 0 spiro atoms. The van der Waals surface area contributed by atoms with Crippen LogP contribution in [0.5, 0.6) is 0 Å². The second-order valence-electron chi connectivity index (χ2n) is 12.6. The normalized spacial score (nSPS) is 14.8. The molecule has 1 rings (SSSR count). The monoisotopic (exact) mass is 834 g/mol. The Balaban J connectivity index is 0.00000115. The molecule has 0 saturated carbocycles. The Morgan fingerprint density at radius 2 is 0.638 bits per heavy atom. The molecule has 0 unspecified atom stereocenters. The molecular formula is C33H52N7O18-5. The van der Waals surface area contributed by atoms with Crippen LogP contribution in [0.2, 0.25) is 0 Å². The molecule has 25 nitrogen and oxygen atoms in total. The lowest BCUT2D eigenvalue weighted by Crippen LogP contribution is -2.52. The van der Waals surface area contributed by atoms with Crippen molar-refractivity contribution in [1.82, 2.24) is 34.3 Å². The van der Waals surface area contributed by atoms with Gasteiger partial charge in [0.2, 0.25) is 0 Å². The quantitative estimate of drug-likeness (QED) is 0.0722. The molecule has 0 N–H and O–H groups in total. The number of nitrogens with zero attached hydrogens (tertiary/aromatic N) is 7. The maximum Gasteiger partial charge on any atom is 0.319 e. The van der Waals surface area contributed by atoms with Gasteiger partial charge in [0, 0.05) is 98.2 Å². The molecule has 0 aromatic heterocycles. The minimum absolute atomic E-state index is 0.100. The standard InChI is InChI=1S/C20H36N4O8.C13H21N3O10/c1-29-17(25)13-21-5-7-22(14-18(26)30-2)9-11-24(16-20(28)32-4)12-10-23(8-6-21)15-19(27)31-3;17-9(18)5-14(3-4-16(13(25)26)8-12(23)24)1-2-15(6-10(19)20)7-11(21)22/h5-16H2,1-4H3;1-8H2,(H,17,18)(H,19,20)(H,21,22)(H,23,24)(H,25,26)/p-5. The lowest BCUT2D eigenvalue weighted by Gasteiger charge is -2.33. The first-order chi connectivity index (χ1) is 27.3. The highest BCUT2D eigenvalue weighted by Gasteiger charge is 2.22. The van der Waals surface area contributed by atoms with Crippen LogP contribution in [-0.2, 0) is 57.3 Å². The van der Waals surface area contributed by atoms with Gasteiger partial charge in [-0.1, -0.05) is 0 Å². The van der Waals surface area contributed by atoms with E-state index in [0.717, 1.165) is 9.80 Å². The fraction of sp³-hybridized carbons (Fsp3) is 0.727. The van der Waals surface area contributed by atoms with Crippen LogP contribution < -0.4 is 25.5 Å². The number of methoxy groups -OCH3 is 4. The number of ether oxygens (including phenoxy) is 4. The number of carbonyl (C=O) groups is 9. The van der Waals surface area contributed by atoms with Crippen molar-refractivity contribution in [2.24, 2.45) is 0 Å². The predicted molar refractivity (Wildman–Crippen MR) is 184 cm³/mol. The van der Waals surface area contributed by atoms with Crippen molar-refractivity contribution in [3.63, 3.8) is 0 Å². The second-order valence-corrected chi connectivity index (χ2v) is 12.6. The van der Waals surface area contributed by atoms with Crippen LogP contribution in [0.4, 0.5) is 4.79 Å². The molecule has 0 aromatic carbocycles. The Hall–Kier alpha value is -5.21. The summed E-state index contributed by atoms with van der Waals surface area (Å²) in [6, 6.07) is 0. The van der Waals surface area contributed by atoms with Crippen LogP contribution >= 0.6 is 0 Å². The first-order valence-corrected chi connectivity index (χ1v) is 17.7. The van der Waals surface area contributed by atoms with E-state index in [1.807, 2.05) is 19.6 Å². The zero-order chi connectivity index (χ0) is 44.2. The number of carboxylic acid groups (broad SMARTS) is 5. The molecule has 0 aliphatic carbocycles. The predicted octanol–water partition coefficient (Wildman–Crippen LogP) is -10.9. The van der Waals surface area contributed by atoms with Gasteiger partial charge in [0.05, 0.1) is 85.0 Å². The molecule has 0 atom stereocenters. The van der Waals surface area contributed by atoms with E-state index in [2.05, 4.69) is 0 Å². The number of rotatable bonds is 22. The van der Waals surface area contributed by atoms with Gasteiger partial charge in [-0.3, -0.25) is 48.6 Å². The van der Waals surface area contributed by atoms with Crippen molar-refractivity contribution in [2.45, 2.75) is 0 Å². The number of carbonyl (C=O) groups excluding carboxylic acids is 9. The molecular weight excluding hydrogens is 782 g/mol. The Morgan fingerprint density at radius 3 is 0.879 bits per heavy atom. The second kappa shape index (κ2) is 29.9. The van der Waals surface area contributed by atoms with Crippen molar-refractivity contribution in [1.29, 1.82) is 0 Å². The molecule has 0 aromatic rings. The highest BCUT2D eigenvalue weighted by molar-refractivity contribution is 5.74. The molecule has 1 amide bonds. The first-order valence-electron chi connectivity index (χ1n) is 17.7.